The number of likely N-dealkylation sites (tertiary alicyclic amines) is 1. The van der Waals surface area contributed by atoms with E-state index in [0.29, 0.717) is 5.56 Å². The molecule has 1 aliphatic rings. The minimum atomic E-state index is -0.353. The second-order valence-electron chi connectivity index (χ2n) is 3.99. The Hall–Kier alpha value is -1.36. The van der Waals surface area contributed by atoms with Crippen molar-refractivity contribution in [1.29, 1.82) is 0 Å². The summed E-state index contributed by atoms with van der Waals surface area (Å²) in [5.74, 6) is 0. The lowest BCUT2D eigenvalue weighted by Crippen LogP contribution is -2.10. The van der Waals surface area contributed by atoms with E-state index in [-0.39, 0.29) is 10.6 Å². The van der Waals surface area contributed by atoms with Crippen LogP contribution in [0.25, 0.3) is 6.08 Å². The van der Waals surface area contributed by atoms with Gasteiger partial charge in [0.05, 0.1) is 10.5 Å². The molecule has 0 amide bonds. The van der Waals surface area contributed by atoms with Crippen molar-refractivity contribution in [2.45, 2.75) is 12.8 Å². The Bertz CT molecular complexity index is 454. The van der Waals surface area contributed by atoms with Crippen LogP contribution in [0.4, 0.5) is 5.69 Å². The molecule has 17 heavy (non-hydrogen) atoms. The Morgan fingerprint density at radius 1 is 1.35 bits per heavy atom. The molecule has 5 heteroatoms. The minimum absolute atomic E-state index is 0.134. The molecule has 0 unspecified atom stereocenters. The number of benzene rings is 1. The number of hydrogen-bond acceptors (Lipinski definition) is 3. The third-order valence-electron chi connectivity index (χ3n) is 2.82. The van der Waals surface area contributed by atoms with E-state index in [1.807, 2.05) is 18.3 Å². The molecule has 0 radical (unpaired) electrons. The first-order chi connectivity index (χ1) is 8.18. The fraction of sp³-hybridized carbons (Fsp3) is 0.333. The molecule has 0 saturated carbocycles. The maximum atomic E-state index is 10.9. The molecule has 0 aliphatic carbocycles. The molecule has 0 N–H and O–H groups in total. The molecule has 0 atom stereocenters. The van der Waals surface area contributed by atoms with E-state index in [2.05, 4.69) is 20.8 Å². The Balaban J connectivity index is 2.27. The summed E-state index contributed by atoms with van der Waals surface area (Å²) in [7, 11) is 0. The zero-order valence-corrected chi connectivity index (χ0v) is 10.9. The molecule has 4 nitrogen and oxygen atoms in total. The summed E-state index contributed by atoms with van der Waals surface area (Å²) < 4.78 is 0.752. The molecule has 1 heterocycles. The fourth-order valence-electron chi connectivity index (χ4n) is 1.92. The molecule has 1 fully saturated rings. The van der Waals surface area contributed by atoms with Gasteiger partial charge in [0.2, 0.25) is 0 Å². The van der Waals surface area contributed by atoms with Crippen molar-refractivity contribution in [2.24, 2.45) is 0 Å². The van der Waals surface area contributed by atoms with Crippen LogP contribution in [-0.2, 0) is 0 Å². The molecular formula is C12H13BrN2O2. The van der Waals surface area contributed by atoms with E-state index >= 15 is 0 Å². The van der Waals surface area contributed by atoms with Gasteiger partial charge in [0.15, 0.2) is 0 Å². The largest absolute Gasteiger partial charge is 0.377 e. The Kier molecular flexibility index (Phi) is 3.78. The highest BCUT2D eigenvalue weighted by molar-refractivity contribution is 9.10. The summed E-state index contributed by atoms with van der Waals surface area (Å²) in [4.78, 5) is 12.7. The maximum Gasteiger partial charge on any atom is 0.277 e. The molecule has 0 spiro atoms. The monoisotopic (exact) mass is 296 g/mol. The Labute approximate surface area is 108 Å². The lowest BCUT2D eigenvalue weighted by atomic mass is 10.2. The summed E-state index contributed by atoms with van der Waals surface area (Å²) in [5.41, 5.74) is 0.763. The van der Waals surface area contributed by atoms with Crippen molar-refractivity contribution in [2.75, 3.05) is 13.1 Å². The summed E-state index contributed by atoms with van der Waals surface area (Å²) in [5, 5.41) is 10.9. The number of nitro groups is 1. The quantitative estimate of drug-likeness (QED) is 0.634. The number of hydrogen-bond donors (Lipinski definition) is 0. The lowest BCUT2D eigenvalue weighted by molar-refractivity contribution is -0.385. The summed E-state index contributed by atoms with van der Waals surface area (Å²) >= 11 is 3.35. The first kappa shape index (κ1) is 12.1. The van der Waals surface area contributed by atoms with Crippen LogP contribution in [0.1, 0.15) is 18.4 Å². The van der Waals surface area contributed by atoms with Crippen LogP contribution in [0, 0.1) is 10.1 Å². The predicted molar refractivity (Wildman–Crippen MR) is 70.6 cm³/mol. The number of rotatable bonds is 3. The summed E-state index contributed by atoms with van der Waals surface area (Å²) in [6.07, 6.45) is 6.15. The molecular weight excluding hydrogens is 284 g/mol. The smallest absolute Gasteiger partial charge is 0.277 e. The SMILES string of the molecule is O=[N+]([O-])c1cccc(Br)c1/C=C/N1CCCC1. The number of nitro benzene ring substituents is 1. The van der Waals surface area contributed by atoms with Gasteiger partial charge in [-0.2, -0.15) is 0 Å². The second kappa shape index (κ2) is 5.31. The van der Waals surface area contributed by atoms with E-state index in [1.54, 1.807) is 6.07 Å². The topological polar surface area (TPSA) is 46.4 Å². The van der Waals surface area contributed by atoms with Gasteiger partial charge < -0.3 is 4.90 Å². The van der Waals surface area contributed by atoms with Crippen molar-refractivity contribution in [3.63, 3.8) is 0 Å². The van der Waals surface area contributed by atoms with Crippen molar-refractivity contribution < 1.29 is 4.92 Å². The van der Waals surface area contributed by atoms with E-state index in [4.69, 9.17) is 0 Å². The molecule has 0 bridgehead atoms. The highest BCUT2D eigenvalue weighted by Gasteiger charge is 2.14. The van der Waals surface area contributed by atoms with Crippen LogP contribution in [0.15, 0.2) is 28.9 Å². The van der Waals surface area contributed by atoms with Crippen LogP contribution in [0.2, 0.25) is 0 Å². The number of nitrogens with zero attached hydrogens (tertiary/aromatic N) is 2. The standard InChI is InChI=1S/C12H13BrN2O2/c13-11-4-3-5-12(15(16)17)10(11)6-9-14-7-1-2-8-14/h3-6,9H,1-2,7-8H2/b9-6+. The van der Waals surface area contributed by atoms with Gasteiger partial charge in [0, 0.05) is 23.6 Å². The molecule has 1 aromatic carbocycles. The van der Waals surface area contributed by atoms with Crippen molar-refractivity contribution in [3.05, 3.63) is 44.5 Å². The lowest BCUT2D eigenvalue weighted by Gasteiger charge is -2.10. The van der Waals surface area contributed by atoms with E-state index < -0.39 is 0 Å². The molecule has 1 aliphatic heterocycles. The van der Waals surface area contributed by atoms with Crippen LogP contribution in [0.3, 0.4) is 0 Å². The number of halogens is 1. The van der Waals surface area contributed by atoms with E-state index in [9.17, 15) is 10.1 Å². The van der Waals surface area contributed by atoms with Crippen molar-refractivity contribution >= 4 is 27.7 Å². The molecule has 1 saturated heterocycles. The fourth-order valence-corrected chi connectivity index (χ4v) is 2.41. The average Bonchev–Trinajstić information content (AvgIpc) is 2.80. The second-order valence-corrected chi connectivity index (χ2v) is 4.84. The van der Waals surface area contributed by atoms with E-state index in [1.165, 1.54) is 18.9 Å². The minimum Gasteiger partial charge on any atom is -0.377 e. The van der Waals surface area contributed by atoms with Gasteiger partial charge >= 0.3 is 0 Å². The van der Waals surface area contributed by atoms with Crippen molar-refractivity contribution in [3.8, 4) is 0 Å². The van der Waals surface area contributed by atoms with Crippen LogP contribution in [-0.4, -0.2) is 22.9 Å². The van der Waals surface area contributed by atoms with Gasteiger partial charge in [-0.1, -0.05) is 6.07 Å². The Morgan fingerprint density at radius 3 is 2.71 bits per heavy atom. The van der Waals surface area contributed by atoms with Crippen molar-refractivity contribution in [1.82, 2.24) is 4.90 Å². The van der Waals surface area contributed by atoms with Crippen LogP contribution in [0.5, 0.6) is 0 Å². The Morgan fingerprint density at radius 2 is 2.06 bits per heavy atom. The van der Waals surface area contributed by atoms with Gasteiger partial charge in [-0.15, -0.1) is 0 Å². The third kappa shape index (κ3) is 2.85. The molecule has 90 valence electrons. The van der Waals surface area contributed by atoms with E-state index in [0.717, 1.165) is 17.6 Å². The van der Waals surface area contributed by atoms with Gasteiger partial charge in [0.25, 0.3) is 5.69 Å². The first-order valence-electron chi connectivity index (χ1n) is 5.53. The van der Waals surface area contributed by atoms with Gasteiger partial charge in [-0.25, -0.2) is 0 Å². The van der Waals surface area contributed by atoms with Gasteiger partial charge in [-0.05, 0) is 47.1 Å². The van der Waals surface area contributed by atoms with Crippen LogP contribution < -0.4 is 0 Å². The molecule has 1 aromatic rings. The predicted octanol–water partition coefficient (Wildman–Crippen LogP) is 3.42. The zero-order valence-electron chi connectivity index (χ0n) is 9.30. The summed E-state index contributed by atoms with van der Waals surface area (Å²) in [6.45, 7) is 2.07. The third-order valence-corrected chi connectivity index (χ3v) is 3.51. The van der Waals surface area contributed by atoms with Crippen LogP contribution >= 0.6 is 15.9 Å². The zero-order chi connectivity index (χ0) is 12.3. The first-order valence-corrected chi connectivity index (χ1v) is 6.33. The maximum absolute atomic E-state index is 10.9. The van der Waals surface area contributed by atoms with Gasteiger partial charge in [0.1, 0.15) is 0 Å². The highest BCUT2D eigenvalue weighted by atomic mass is 79.9. The van der Waals surface area contributed by atoms with Gasteiger partial charge in [-0.3, -0.25) is 10.1 Å². The summed E-state index contributed by atoms with van der Waals surface area (Å²) in [6, 6.07) is 5.01. The molecule has 2 rings (SSSR count). The normalized spacial score (nSPS) is 15.7. The average molecular weight is 297 g/mol. The highest BCUT2D eigenvalue weighted by Crippen LogP contribution is 2.28. The molecule has 0 aromatic heterocycles.